The van der Waals surface area contributed by atoms with Crippen molar-refractivity contribution in [1.29, 1.82) is 0 Å². The second-order valence-corrected chi connectivity index (χ2v) is 0.885. The van der Waals surface area contributed by atoms with Crippen LogP contribution < -0.4 is 24.8 Å². The molecule has 42 valence electrons. The Morgan fingerprint density at radius 2 is 1.25 bits per heavy atom. The van der Waals surface area contributed by atoms with Crippen LogP contribution in [0.2, 0.25) is 0 Å². The molecular weight excluding hydrogens is 157 g/mol. The maximum atomic E-state index is 2.86. The number of rotatable bonds is 0. The summed E-state index contributed by atoms with van der Waals surface area (Å²) in [6.07, 6.45) is 3.75. The largest absolute Gasteiger partial charge is 2.00 e. The number of aromatic amines is 1. The van der Waals surface area contributed by atoms with Crippen LogP contribution in [0.25, 0.3) is 0 Å². The van der Waals surface area contributed by atoms with E-state index >= 15 is 0 Å². The smallest absolute Gasteiger partial charge is 1.00 e. The van der Waals surface area contributed by atoms with Crippen molar-refractivity contribution in [2.75, 3.05) is 0 Å². The number of nitrogens with one attached hydrogen (secondary N) is 1. The molecule has 0 saturated heterocycles. The quantitative estimate of drug-likeness (QED) is 0.367. The van der Waals surface area contributed by atoms with Crippen LogP contribution in [-0.2, 0) is 0 Å². The number of H-pyrrole nitrogens is 1. The van der Waals surface area contributed by atoms with Gasteiger partial charge in [0, 0.05) is 12.4 Å². The molecule has 0 bridgehead atoms. The van der Waals surface area contributed by atoms with Gasteiger partial charge in [-0.2, -0.15) is 0 Å². The Hall–Kier alpha value is 0.626. The van der Waals surface area contributed by atoms with E-state index in [0.29, 0.717) is 0 Å². The van der Waals surface area contributed by atoms with E-state index in [4.69, 9.17) is 0 Å². The Morgan fingerprint density at radius 3 is 1.38 bits per heavy atom. The molecule has 0 radical (unpaired) electrons. The molecule has 0 fully saturated rings. The molecule has 0 aliphatic heterocycles. The first-order valence-corrected chi connectivity index (χ1v) is 1.58. The van der Waals surface area contributed by atoms with Crippen LogP contribution >= 0.6 is 0 Å². The van der Waals surface area contributed by atoms with Crippen LogP contribution in [0.15, 0.2) is 24.5 Å². The molecule has 4 heteroatoms. The molecule has 1 aromatic rings. The van der Waals surface area contributed by atoms with E-state index in [1.54, 1.807) is 0 Å². The number of hydrogen-bond acceptors (Lipinski definition) is 0. The van der Waals surface area contributed by atoms with E-state index in [-0.39, 0.29) is 47.9 Å². The summed E-state index contributed by atoms with van der Waals surface area (Å²) in [5, 5.41) is 0. The van der Waals surface area contributed by atoms with E-state index in [2.05, 4.69) is 4.98 Å². The van der Waals surface area contributed by atoms with Crippen LogP contribution in [0, 0.1) is 0 Å². The third-order valence-corrected chi connectivity index (χ3v) is 0.496. The van der Waals surface area contributed by atoms with E-state index < -0.39 is 0 Å². The SMILES string of the molecule is [Cl-].[Cl-].[Mg+2].c1cc[nH]c1. The van der Waals surface area contributed by atoms with E-state index in [9.17, 15) is 0 Å². The zero-order valence-electron chi connectivity index (χ0n) is 4.27. The zero-order chi connectivity index (χ0) is 3.54. The standard InChI is InChI=1S/C4H5N.2ClH.Mg/c1-2-4-5-3-1;;;/h1-5H;2*1H;/q;;;+2/p-2. The van der Waals surface area contributed by atoms with E-state index in [0.717, 1.165) is 0 Å². The van der Waals surface area contributed by atoms with Crippen molar-refractivity contribution in [3.8, 4) is 0 Å². The van der Waals surface area contributed by atoms with Crippen LogP contribution in [-0.4, -0.2) is 28.0 Å². The van der Waals surface area contributed by atoms with Crippen molar-refractivity contribution in [3.63, 3.8) is 0 Å². The van der Waals surface area contributed by atoms with Gasteiger partial charge in [0.15, 0.2) is 0 Å². The van der Waals surface area contributed by atoms with Crippen molar-refractivity contribution in [2.45, 2.75) is 0 Å². The monoisotopic (exact) mass is 161 g/mol. The summed E-state index contributed by atoms with van der Waals surface area (Å²) in [5.74, 6) is 0. The first-order chi connectivity index (χ1) is 2.50. The number of halogens is 2. The minimum atomic E-state index is 0. The Balaban J connectivity index is -0.0000000833. The van der Waals surface area contributed by atoms with Crippen molar-refractivity contribution in [3.05, 3.63) is 24.5 Å². The van der Waals surface area contributed by atoms with Crippen LogP contribution in [0.5, 0.6) is 0 Å². The molecule has 1 heterocycles. The molecular formula is C4H5Cl2MgN. The summed E-state index contributed by atoms with van der Waals surface area (Å²) in [4.78, 5) is 2.86. The second-order valence-electron chi connectivity index (χ2n) is 0.885. The molecule has 0 saturated carbocycles. The van der Waals surface area contributed by atoms with Crippen LogP contribution in [0.4, 0.5) is 0 Å². The van der Waals surface area contributed by atoms with Gasteiger partial charge < -0.3 is 29.8 Å². The summed E-state index contributed by atoms with van der Waals surface area (Å²) in [7, 11) is 0. The van der Waals surface area contributed by atoms with Gasteiger partial charge in [0.2, 0.25) is 0 Å². The van der Waals surface area contributed by atoms with Gasteiger partial charge in [0.1, 0.15) is 0 Å². The minimum absolute atomic E-state index is 0. The summed E-state index contributed by atoms with van der Waals surface area (Å²) < 4.78 is 0. The normalized spacial score (nSPS) is 5.00. The fourth-order valence-electron chi connectivity index (χ4n) is 0.278. The van der Waals surface area contributed by atoms with Gasteiger partial charge in [-0.3, -0.25) is 0 Å². The van der Waals surface area contributed by atoms with Crippen molar-refractivity contribution >= 4 is 23.1 Å². The van der Waals surface area contributed by atoms with Gasteiger partial charge in [-0.15, -0.1) is 0 Å². The fourth-order valence-corrected chi connectivity index (χ4v) is 0.278. The maximum Gasteiger partial charge on any atom is 2.00 e. The average molecular weight is 162 g/mol. The molecule has 0 spiro atoms. The Bertz CT molecular complexity index is 70.5. The predicted octanol–water partition coefficient (Wildman–Crippen LogP) is -5.36. The molecule has 0 aromatic carbocycles. The maximum absolute atomic E-state index is 2.86. The molecule has 0 unspecified atom stereocenters. The molecule has 0 aliphatic rings. The third kappa shape index (κ3) is 6.63. The van der Waals surface area contributed by atoms with Gasteiger partial charge in [0.05, 0.1) is 0 Å². The topological polar surface area (TPSA) is 15.8 Å². The molecule has 0 aliphatic carbocycles. The molecule has 8 heavy (non-hydrogen) atoms. The number of aromatic nitrogens is 1. The molecule has 1 N–H and O–H groups in total. The predicted molar refractivity (Wildman–Crippen MR) is 26.5 cm³/mol. The zero-order valence-corrected chi connectivity index (χ0v) is 7.20. The third-order valence-electron chi connectivity index (χ3n) is 0.496. The van der Waals surface area contributed by atoms with Crippen molar-refractivity contribution in [2.24, 2.45) is 0 Å². The summed E-state index contributed by atoms with van der Waals surface area (Å²) in [6.45, 7) is 0. The van der Waals surface area contributed by atoms with E-state index in [1.807, 2.05) is 24.5 Å². The van der Waals surface area contributed by atoms with Gasteiger partial charge in [-0.1, -0.05) is 0 Å². The summed E-state index contributed by atoms with van der Waals surface area (Å²) >= 11 is 0. The molecule has 0 amide bonds. The molecule has 0 atom stereocenters. The fraction of sp³-hybridized carbons (Fsp3) is 0. The first-order valence-electron chi connectivity index (χ1n) is 1.58. The Kier molecular flexibility index (Phi) is 21.0. The van der Waals surface area contributed by atoms with Gasteiger partial charge in [-0.25, -0.2) is 0 Å². The minimum Gasteiger partial charge on any atom is -1.00 e. The summed E-state index contributed by atoms with van der Waals surface area (Å²) in [6, 6.07) is 3.89. The summed E-state index contributed by atoms with van der Waals surface area (Å²) in [5.41, 5.74) is 0. The van der Waals surface area contributed by atoms with Crippen molar-refractivity contribution < 1.29 is 24.8 Å². The average Bonchev–Trinajstić information content (AvgIpc) is 1.76. The Labute approximate surface area is 77.2 Å². The van der Waals surface area contributed by atoms with Crippen molar-refractivity contribution in [1.82, 2.24) is 4.98 Å². The van der Waals surface area contributed by atoms with Gasteiger partial charge in [-0.05, 0) is 12.1 Å². The number of hydrogen-bond donors (Lipinski definition) is 1. The van der Waals surface area contributed by atoms with Gasteiger partial charge >= 0.3 is 23.1 Å². The first kappa shape index (κ1) is 15.8. The van der Waals surface area contributed by atoms with Crippen LogP contribution in [0.1, 0.15) is 0 Å². The van der Waals surface area contributed by atoms with E-state index in [1.165, 1.54) is 0 Å². The molecule has 1 rings (SSSR count). The van der Waals surface area contributed by atoms with Crippen LogP contribution in [0.3, 0.4) is 0 Å². The second kappa shape index (κ2) is 10.6. The van der Waals surface area contributed by atoms with Gasteiger partial charge in [0.25, 0.3) is 0 Å². The molecule has 1 nitrogen and oxygen atoms in total. The molecule has 1 aromatic heterocycles. The Morgan fingerprint density at radius 1 is 0.875 bits per heavy atom.